The van der Waals surface area contributed by atoms with Gasteiger partial charge in [0.1, 0.15) is 17.7 Å². The van der Waals surface area contributed by atoms with Gasteiger partial charge in [-0.05, 0) is 73.0 Å². The van der Waals surface area contributed by atoms with Gasteiger partial charge in [-0.1, -0.05) is 29.4 Å². The zero-order chi connectivity index (χ0) is 27.2. The van der Waals surface area contributed by atoms with E-state index in [9.17, 15) is 8.78 Å². The summed E-state index contributed by atoms with van der Waals surface area (Å²) in [6.45, 7) is 4.64. The van der Waals surface area contributed by atoms with Crippen molar-refractivity contribution >= 4 is 5.71 Å². The van der Waals surface area contributed by atoms with E-state index < -0.39 is 0 Å². The van der Waals surface area contributed by atoms with Crippen LogP contribution in [0.5, 0.6) is 11.5 Å². The first-order chi connectivity index (χ1) is 19.0. The van der Waals surface area contributed by atoms with Gasteiger partial charge in [-0.2, -0.15) is 0 Å². The van der Waals surface area contributed by atoms with Crippen LogP contribution in [0.4, 0.5) is 8.78 Å². The average Bonchev–Trinajstić information content (AvgIpc) is 3.44. The molecular weight excluding hydrogens is 500 g/mol. The van der Waals surface area contributed by atoms with Crippen molar-refractivity contribution < 1.29 is 23.1 Å². The third-order valence-electron chi connectivity index (χ3n) is 7.59. The Morgan fingerprint density at radius 3 is 2.05 bits per heavy atom. The molecule has 0 spiro atoms. The quantitative estimate of drug-likeness (QED) is 0.335. The smallest absolute Gasteiger partial charge is 0.161 e. The number of oxime groups is 1. The maximum Gasteiger partial charge on any atom is 0.161 e. The van der Waals surface area contributed by atoms with E-state index in [0.29, 0.717) is 11.5 Å². The summed E-state index contributed by atoms with van der Waals surface area (Å²) in [4.78, 5) is 10.6. The molecular formula is C31H35F2N3O3. The Balaban J connectivity index is 1.11. The van der Waals surface area contributed by atoms with E-state index in [1.165, 1.54) is 24.3 Å². The molecule has 0 aliphatic carbocycles. The summed E-state index contributed by atoms with van der Waals surface area (Å²) >= 11 is 0. The van der Waals surface area contributed by atoms with Crippen LogP contribution in [0.2, 0.25) is 0 Å². The van der Waals surface area contributed by atoms with Crippen LogP contribution >= 0.6 is 0 Å². The second kappa shape index (κ2) is 12.6. The van der Waals surface area contributed by atoms with Crippen LogP contribution in [0.15, 0.2) is 71.9 Å². The number of halogens is 2. The average molecular weight is 536 g/mol. The van der Waals surface area contributed by atoms with Crippen molar-refractivity contribution in [2.24, 2.45) is 5.16 Å². The highest BCUT2D eigenvalue weighted by Gasteiger charge is 2.27. The minimum absolute atomic E-state index is 0.0348. The second-order valence-corrected chi connectivity index (χ2v) is 10.1. The SMILES string of the molecule is COc1ccc(C2=NO[C@@H](CCCN3CCN(C(c4ccc(F)cc4)c4ccc(F)cc4)CC3)C2)cc1OC. The Bertz CT molecular complexity index is 1210. The first-order valence-corrected chi connectivity index (χ1v) is 13.5. The number of piperazine rings is 1. The molecule has 39 heavy (non-hydrogen) atoms. The topological polar surface area (TPSA) is 46.5 Å². The molecule has 0 radical (unpaired) electrons. The minimum Gasteiger partial charge on any atom is -0.493 e. The molecule has 0 N–H and O–H groups in total. The standard InChI is InChI=1S/C31H35F2N3O3/c1-37-29-14-9-24(20-30(29)38-2)28-21-27(39-34-28)4-3-15-35-16-18-36(19-17-35)31(22-5-10-25(32)11-6-22)23-7-12-26(33)13-8-23/h5-14,20,27,31H,3-4,15-19,21H2,1-2H3/t27-/m0/s1. The Hall–Kier alpha value is -3.49. The van der Waals surface area contributed by atoms with Gasteiger partial charge < -0.3 is 19.2 Å². The Labute approximate surface area is 228 Å². The number of rotatable bonds is 10. The van der Waals surface area contributed by atoms with Crippen molar-refractivity contribution in [3.8, 4) is 11.5 Å². The number of hydrogen-bond acceptors (Lipinski definition) is 6. The molecule has 0 amide bonds. The molecule has 3 aromatic carbocycles. The molecule has 0 aromatic heterocycles. The Kier molecular flexibility index (Phi) is 8.74. The molecule has 5 rings (SSSR count). The highest BCUT2D eigenvalue weighted by Crippen LogP contribution is 2.31. The molecule has 3 aromatic rings. The van der Waals surface area contributed by atoms with E-state index in [1.807, 2.05) is 42.5 Å². The van der Waals surface area contributed by atoms with Gasteiger partial charge in [-0.3, -0.25) is 4.90 Å². The van der Waals surface area contributed by atoms with Crippen LogP contribution in [0, 0.1) is 11.6 Å². The lowest BCUT2D eigenvalue weighted by Gasteiger charge is -2.40. The zero-order valence-corrected chi connectivity index (χ0v) is 22.5. The van der Waals surface area contributed by atoms with Crippen LogP contribution in [0.3, 0.4) is 0 Å². The van der Waals surface area contributed by atoms with Crippen LogP contribution in [0.25, 0.3) is 0 Å². The number of benzene rings is 3. The van der Waals surface area contributed by atoms with Gasteiger partial charge in [0, 0.05) is 38.2 Å². The summed E-state index contributed by atoms with van der Waals surface area (Å²) in [5, 5.41) is 4.33. The maximum absolute atomic E-state index is 13.6. The molecule has 206 valence electrons. The van der Waals surface area contributed by atoms with Gasteiger partial charge >= 0.3 is 0 Å². The zero-order valence-electron chi connectivity index (χ0n) is 22.5. The minimum atomic E-state index is -0.256. The molecule has 1 atom stereocenters. The Morgan fingerprint density at radius 2 is 1.46 bits per heavy atom. The monoisotopic (exact) mass is 535 g/mol. The van der Waals surface area contributed by atoms with Crippen molar-refractivity contribution in [1.82, 2.24) is 9.80 Å². The second-order valence-electron chi connectivity index (χ2n) is 10.1. The molecule has 2 heterocycles. The summed E-state index contributed by atoms with van der Waals surface area (Å²) in [5.41, 5.74) is 3.95. The number of nitrogens with zero attached hydrogens (tertiary/aromatic N) is 3. The van der Waals surface area contributed by atoms with E-state index >= 15 is 0 Å². The molecule has 0 bridgehead atoms. The number of methoxy groups -OCH3 is 2. The maximum atomic E-state index is 13.6. The molecule has 1 saturated heterocycles. The van der Waals surface area contributed by atoms with Crippen molar-refractivity contribution in [3.05, 3.63) is 95.1 Å². The summed E-state index contributed by atoms with van der Waals surface area (Å²) in [6.07, 6.45) is 2.82. The molecule has 1 fully saturated rings. The first-order valence-electron chi connectivity index (χ1n) is 13.5. The summed E-state index contributed by atoms with van der Waals surface area (Å²) in [7, 11) is 3.25. The predicted octanol–water partition coefficient (Wildman–Crippen LogP) is 5.66. The first kappa shape index (κ1) is 27.1. The lowest BCUT2D eigenvalue weighted by atomic mass is 9.96. The normalized spacial score (nSPS) is 18.2. The van der Waals surface area contributed by atoms with Crippen molar-refractivity contribution in [2.45, 2.75) is 31.4 Å². The molecule has 0 saturated carbocycles. The fourth-order valence-electron chi connectivity index (χ4n) is 5.46. The van der Waals surface area contributed by atoms with E-state index in [1.54, 1.807) is 14.2 Å². The van der Waals surface area contributed by atoms with Crippen molar-refractivity contribution in [1.29, 1.82) is 0 Å². The third kappa shape index (κ3) is 6.57. The van der Waals surface area contributed by atoms with Gasteiger partial charge in [0.15, 0.2) is 11.5 Å². The van der Waals surface area contributed by atoms with E-state index in [-0.39, 0.29) is 23.8 Å². The van der Waals surface area contributed by atoms with Crippen LogP contribution in [-0.4, -0.2) is 68.6 Å². The van der Waals surface area contributed by atoms with Crippen LogP contribution in [-0.2, 0) is 4.84 Å². The van der Waals surface area contributed by atoms with Crippen molar-refractivity contribution in [2.75, 3.05) is 46.9 Å². The van der Waals surface area contributed by atoms with Crippen LogP contribution in [0.1, 0.15) is 42.0 Å². The lowest BCUT2D eigenvalue weighted by molar-refractivity contribution is 0.0688. The van der Waals surface area contributed by atoms with Gasteiger partial charge in [-0.15, -0.1) is 0 Å². The largest absolute Gasteiger partial charge is 0.493 e. The predicted molar refractivity (Wildman–Crippen MR) is 147 cm³/mol. The van der Waals surface area contributed by atoms with E-state index in [0.717, 1.165) is 74.4 Å². The lowest BCUT2D eigenvalue weighted by Crippen LogP contribution is -2.48. The molecule has 8 heteroatoms. The van der Waals surface area contributed by atoms with Gasteiger partial charge in [-0.25, -0.2) is 8.78 Å². The van der Waals surface area contributed by atoms with Gasteiger partial charge in [0.25, 0.3) is 0 Å². The molecule has 2 aliphatic heterocycles. The van der Waals surface area contributed by atoms with Gasteiger partial charge in [0.2, 0.25) is 0 Å². The van der Waals surface area contributed by atoms with E-state index in [4.69, 9.17) is 14.3 Å². The van der Waals surface area contributed by atoms with Gasteiger partial charge in [0.05, 0.1) is 26.0 Å². The number of hydrogen-bond donors (Lipinski definition) is 0. The van der Waals surface area contributed by atoms with Crippen molar-refractivity contribution in [3.63, 3.8) is 0 Å². The fourth-order valence-corrected chi connectivity index (χ4v) is 5.46. The molecule has 2 aliphatic rings. The molecule has 6 nitrogen and oxygen atoms in total. The Morgan fingerprint density at radius 1 is 0.846 bits per heavy atom. The summed E-state index contributed by atoms with van der Waals surface area (Å²) in [5.74, 6) is 0.864. The summed E-state index contributed by atoms with van der Waals surface area (Å²) < 4.78 is 37.9. The van der Waals surface area contributed by atoms with E-state index in [2.05, 4.69) is 15.0 Å². The third-order valence-corrected chi connectivity index (χ3v) is 7.59. The highest BCUT2D eigenvalue weighted by atomic mass is 19.1. The summed E-state index contributed by atoms with van der Waals surface area (Å²) in [6, 6.07) is 19.1. The number of ether oxygens (including phenoxy) is 2. The van der Waals surface area contributed by atoms with Crippen LogP contribution < -0.4 is 9.47 Å². The highest BCUT2D eigenvalue weighted by molar-refractivity contribution is 6.01. The fraction of sp³-hybridized carbons (Fsp3) is 0.387. The molecule has 0 unspecified atom stereocenters.